The van der Waals surface area contributed by atoms with Crippen LogP contribution in [0.5, 0.6) is 0 Å². The molecule has 5 heteroatoms. The molecule has 0 saturated heterocycles. The van der Waals surface area contributed by atoms with Crippen molar-refractivity contribution in [3.8, 4) is 0 Å². The molecule has 0 aliphatic heterocycles. The molecule has 0 saturated carbocycles. The minimum absolute atomic E-state index is 0.161. The van der Waals surface area contributed by atoms with Crippen LogP contribution >= 0.6 is 0 Å². The van der Waals surface area contributed by atoms with Gasteiger partial charge in [-0.2, -0.15) is 8.42 Å². The summed E-state index contributed by atoms with van der Waals surface area (Å²) >= 11 is 0. The van der Waals surface area contributed by atoms with Gasteiger partial charge in [-0.05, 0) is 25.7 Å². The van der Waals surface area contributed by atoms with Crippen LogP contribution in [0.3, 0.4) is 0 Å². The Labute approximate surface area is 150 Å². The van der Waals surface area contributed by atoms with Crippen molar-refractivity contribution in [2.45, 2.75) is 122 Å². The maximum Gasteiger partial charge on any atom is 0.267 e. The second-order valence-corrected chi connectivity index (χ2v) is 8.82. The molecule has 0 rings (SSSR count). The Balaban J connectivity index is 3.76. The van der Waals surface area contributed by atoms with Gasteiger partial charge < -0.3 is 5.11 Å². The van der Waals surface area contributed by atoms with E-state index in [1.165, 1.54) is 12.8 Å². The first-order valence-electron chi connectivity index (χ1n) is 10.1. The normalized spacial score (nSPS) is 14.7. The fourth-order valence-electron chi connectivity index (χ4n) is 3.18. The highest BCUT2D eigenvalue weighted by atomic mass is 32.2. The Morgan fingerprint density at radius 3 is 1.58 bits per heavy atom. The summed E-state index contributed by atoms with van der Waals surface area (Å²) in [7, 11) is -3.91. The summed E-state index contributed by atoms with van der Waals surface area (Å²) in [5.74, 6) is 0. The Bertz CT molecular complexity index is 368. The van der Waals surface area contributed by atoms with Gasteiger partial charge in [0.05, 0.1) is 11.4 Å². The van der Waals surface area contributed by atoms with Crippen LogP contribution in [0.15, 0.2) is 0 Å². The predicted octanol–water partition coefficient (Wildman–Crippen LogP) is 5.50. The Hall–Kier alpha value is -0.130. The summed E-state index contributed by atoms with van der Waals surface area (Å²) in [6.45, 7) is 4.24. The van der Waals surface area contributed by atoms with Crippen LogP contribution in [0.2, 0.25) is 0 Å². The van der Waals surface area contributed by atoms with Gasteiger partial charge in [0.2, 0.25) is 0 Å². The molecule has 0 aliphatic rings. The molecule has 2 unspecified atom stereocenters. The van der Waals surface area contributed by atoms with Crippen LogP contribution in [-0.2, 0) is 10.1 Å². The molecule has 0 amide bonds. The zero-order valence-corrected chi connectivity index (χ0v) is 16.7. The van der Waals surface area contributed by atoms with E-state index in [4.69, 9.17) is 0 Å². The molecule has 0 aromatic carbocycles. The summed E-state index contributed by atoms with van der Waals surface area (Å²) in [6, 6.07) is 0. The quantitative estimate of drug-likeness (QED) is 0.264. The van der Waals surface area contributed by atoms with Crippen molar-refractivity contribution in [3.63, 3.8) is 0 Å². The molecule has 0 radical (unpaired) electrons. The lowest BCUT2D eigenvalue weighted by Crippen LogP contribution is -2.20. The predicted molar refractivity (Wildman–Crippen MR) is 102 cm³/mol. The van der Waals surface area contributed by atoms with Crippen molar-refractivity contribution < 1.29 is 18.1 Å². The number of hydrogen-bond acceptors (Lipinski definition) is 3. The summed E-state index contributed by atoms with van der Waals surface area (Å²) in [4.78, 5) is 0. The summed E-state index contributed by atoms with van der Waals surface area (Å²) in [5.41, 5.74) is 0. The van der Waals surface area contributed by atoms with Gasteiger partial charge in [-0.3, -0.25) is 4.55 Å². The zero-order chi connectivity index (χ0) is 18.3. The largest absolute Gasteiger partial charge is 0.393 e. The molecule has 0 bridgehead atoms. The lowest BCUT2D eigenvalue weighted by atomic mass is 10.0. The van der Waals surface area contributed by atoms with Crippen molar-refractivity contribution in [3.05, 3.63) is 0 Å². The molecule has 2 N–H and O–H groups in total. The Morgan fingerprint density at radius 2 is 1.12 bits per heavy atom. The average molecular weight is 365 g/mol. The van der Waals surface area contributed by atoms with Crippen molar-refractivity contribution in [1.82, 2.24) is 0 Å². The first-order valence-corrected chi connectivity index (χ1v) is 11.6. The van der Waals surface area contributed by atoms with Gasteiger partial charge in [0.25, 0.3) is 10.1 Å². The summed E-state index contributed by atoms with van der Waals surface area (Å²) < 4.78 is 32.3. The molecule has 146 valence electrons. The molecular formula is C19H40O4S. The fourth-order valence-corrected chi connectivity index (χ4v) is 4.11. The minimum atomic E-state index is -3.91. The van der Waals surface area contributed by atoms with E-state index in [2.05, 4.69) is 13.8 Å². The van der Waals surface area contributed by atoms with Gasteiger partial charge in [0, 0.05) is 0 Å². The lowest BCUT2D eigenvalue weighted by molar-refractivity contribution is 0.150. The zero-order valence-electron chi connectivity index (χ0n) is 15.9. The van der Waals surface area contributed by atoms with Crippen molar-refractivity contribution in [2.24, 2.45) is 0 Å². The van der Waals surface area contributed by atoms with Crippen LogP contribution in [0.4, 0.5) is 0 Å². The van der Waals surface area contributed by atoms with E-state index in [1.54, 1.807) is 0 Å². The van der Waals surface area contributed by atoms with Gasteiger partial charge in [0.1, 0.15) is 0 Å². The number of hydrogen-bond donors (Lipinski definition) is 2. The van der Waals surface area contributed by atoms with Crippen molar-refractivity contribution >= 4 is 10.1 Å². The second-order valence-electron chi connectivity index (χ2n) is 7.13. The van der Waals surface area contributed by atoms with Gasteiger partial charge in [-0.15, -0.1) is 0 Å². The lowest BCUT2D eigenvalue weighted by Gasteiger charge is -2.14. The van der Waals surface area contributed by atoms with Crippen LogP contribution < -0.4 is 0 Å². The third-order valence-corrected chi connectivity index (χ3v) is 6.05. The molecular weight excluding hydrogens is 324 g/mol. The number of unbranched alkanes of at least 4 members (excludes halogenated alkanes) is 8. The molecule has 0 fully saturated rings. The molecule has 24 heavy (non-hydrogen) atoms. The van der Waals surface area contributed by atoms with Gasteiger partial charge >= 0.3 is 0 Å². The van der Waals surface area contributed by atoms with Crippen LogP contribution in [-0.4, -0.2) is 29.4 Å². The number of aliphatic hydroxyl groups excluding tert-OH is 1. The summed E-state index contributed by atoms with van der Waals surface area (Å²) in [5, 5.41) is 9.08. The highest BCUT2D eigenvalue weighted by molar-refractivity contribution is 7.86. The van der Waals surface area contributed by atoms with E-state index in [0.29, 0.717) is 12.8 Å². The van der Waals surface area contributed by atoms with E-state index in [-0.39, 0.29) is 6.10 Å². The van der Waals surface area contributed by atoms with Gasteiger partial charge in [0.15, 0.2) is 0 Å². The third-order valence-electron chi connectivity index (χ3n) is 4.74. The monoisotopic (exact) mass is 364 g/mol. The molecule has 0 heterocycles. The number of rotatable bonds is 17. The standard InChI is InChI=1S/C19H40O4S/c1-3-5-6-8-12-16-19(24(21,22)23)17-13-10-7-9-11-15-18(20)14-4-2/h18-20H,3-17H2,1-2H3,(H,21,22,23). The van der Waals surface area contributed by atoms with Crippen LogP contribution in [0.1, 0.15) is 110 Å². The first kappa shape index (κ1) is 23.9. The topological polar surface area (TPSA) is 74.6 Å². The molecule has 0 aliphatic carbocycles. The highest BCUT2D eigenvalue weighted by Crippen LogP contribution is 2.19. The third kappa shape index (κ3) is 14.2. The molecule has 2 atom stereocenters. The average Bonchev–Trinajstić information content (AvgIpc) is 2.50. The van der Waals surface area contributed by atoms with Crippen molar-refractivity contribution in [2.75, 3.05) is 0 Å². The van der Waals surface area contributed by atoms with Gasteiger partial charge in [-0.25, -0.2) is 0 Å². The van der Waals surface area contributed by atoms with E-state index < -0.39 is 15.4 Å². The van der Waals surface area contributed by atoms with Crippen molar-refractivity contribution in [1.29, 1.82) is 0 Å². The van der Waals surface area contributed by atoms with Gasteiger partial charge in [-0.1, -0.05) is 84.5 Å². The van der Waals surface area contributed by atoms with Crippen LogP contribution in [0.25, 0.3) is 0 Å². The second kappa shape index (κ2) is 15.2. The van der Waals surface area contributed by atoms with Crippen LogP contribution in [0, 0.1) is 0 Å². The fraction of sp³-hybridized carbons (Fsp3) is 1.00. The summed E-state index contributed by atoms with van der Waals surface area (Å²) in [6.07, 6.45) is 14.3. The first-order chi connectivity index (χ1) is 11.4. The molecule has 4 nitrogen and oxygen atoms in total. The molecule has 0 aromatic rings. The van der Waals surface area contributed by atoms with E-state index >= 15 is 0 Å². The molecule has 0 aromatic heterocycles. The minimum Gasteiger partial charge on any atom is -0.393 e. The smallest absolute Gasteiger partial charge is 0.267 e. The highest BCUT2D eigenvalue weighted by Gasteiger charge is 2.21. The molecule has 0 spiro atoms. The maximum absolute atomic E-state index is 11.5. The Morgan fingerprint density at radius 1 is 0.667 bits per heavy atom. The van der Waals surface area contributed by atoms with E-state index in [0.717, 1.165) is 70.6 Å². The van der Waals surface area contributed by atoms with E-state index in [1.807, 2.05) is 0 Å². The number of aliphatic hydroxyl groups is 1. The SMILES string of the molecule is CCCCCCCC(CCCCCCCC(O)CCC)S(=O)(=O)O. The van der Waals surface area contributed by atoms with E-state index in [9.17, 15) is 18.1 Å². The maximum atomic E-state index is 11.5. The Kier molecular flexibility index (Phi) is 15.1.